The molecule has 1 aromatic heterocycles. The van der Waals surface area contributed by atoms with Crippen LogP contribution in [0.2, 0.25) is 0 Å². The van der Waals surface area contributed by atoms with Crippen molar-refractivity contribution < 1.29 is 9.47 Å². The second-order valence-electron chi connectivity index (χ2n) is 4.34. The minimum atomic E-state index is -0.649. The number of anilines is 1. The van der Waals surface area contributed by atoms with E-state index in [-0.39, 0.29) is 11.9 Å². The number of hydrogen-bond acceptors (Lipinski definition) is 6. The summed E-state index contributed by atoms with van der Waals surface area (Å²) in [6.45, 7) is 1.85. The molecule has 8 nitrogen and oxygen atoms in total. The van der Waals surface area contributed by atoms with Gasteiger partial charge < -0.3 is 14.8 Å². The van der Waals surface area contributed by atoms with Crippen LogP contribution in [0.15, 0.2) is 27.8 Å². The molecule has 0 fully saturated rings. The third kappa shape index (κ3) is 3.22. The highest BCUT2D eigenvalue weighted by molar-refractivity contribution is 5.45. The van der Waals surface area contributed by atoms with Crippen molar-refractivity contribution in [2.45, 2.75) is 13.0 Å². The Balaban J connectivity index is 2.25. The van der Waals surface area contributed by atoms with Gasteiger partial charge >= 0.3 is 5.69 Å². The standard InChI is InChI=1S/C13H16N4O4/c1-7(14-11-12(18)15-13(19)17-16-11)8-4-5-9(20-2)10(6-8)21-3/h4-7H,1-3H3,(H,14,16)(H2,15,17,18,19). The Morgan fingerprint density at radius 3 is 2.52 bits per heavy atom. The van der Waals surface area contributed by atoms with Crippen LogP contribution in [-0.4, -0.2) is 29.4 Å². The monoisotopic (exact) mass is 292 g/mol. The maximum absolute atomic E-state index is 11.6. The number of nitrogens with one attached hydrogen (secondary N) is 3. The van der Waals surface area contributed by atoms with Gasteiger partial charge in [-0.2, -0.15) is 0 Å². The van der Waals surface area contributed by atoms with Crippen LogP contribution in [0.4, 0.5) is 5.82 Å². The predicted octanol–water partition coefficient (Wildman–Crippen LogP) is 0.648. The van der Waals surface area contributed by atoms with E-state index in [1.165, 1.54) is 0 Å². The molecule has 0 amide bonds. The van der Waals surface area contributed by atoms with Gasteiger partial charge in [0, 0.05) is 0 Å². The molecule has 0 spiro atoms. The average molecular weight is 292 g/mol. The van der Waals surface area contributed by atoms with Crippen LogP contribution in [0.1, 0.15) is 18.5 Å². The first-order valence-electron chi connectivity index (χ1n) is 6.22. The van der Waals surface area contributed by atoms with E-state index in [1.54, 1.807) is 26.4 Å². The van der Waals surface area contributed by atoms with Gasteiger partial charge in [0.1, 0.15) is 0 Å². The van der Waals surface area contributed by atoms with Gasteiger partial charge in [0.05, 0.1) is 20.3 Å². The maximum Gasteiger partial charge on any atom is 0.342 e. The fraction of sp³-hybridized carbons (Fsp3) is 0.308. The van der Waals surface area contributed by atoms with Crippen molar-refractivity contribution in [2.75, 3.05) is 19.5 Å². The molecule has 1 atom stereocenters. The minimum absolute atomic E-state index is 0.0388. The molecule has 0 aliphatic heterocycles. The number of ether oxygens (including phenoxy) is 2. The van der Waals surface area contributed by atoms with E-state index >= 15 is 0 Å². The lowest BCUT2D eigenvalue weighted by molar-refractivity contribution is 0.354. The van der Waals surface area contributed by atoms with Crippen molar-refractivity contribution in [2.24, 2.45) is 0 Å². The predicted molar refractivity (Wildman–Crippen MR) is 77.1 cm³/mol. The summed E-state index contributed by atoms with van der Waals surface area (Å²) in [6.07, 6.45) is 0. The summed E-state index contributed by atoms with van der Waals surface area (Å²) in [7, 11) is 3.11. The first-order chi connectivity index (χ1) is 10.0. The lowest BCUT2D eigenvalue weighted by atomic mass is 10.1. The highest BCUT2D eigenvalue weighted by Crippen LogP contribution is 2.30. The van der Waals surface area contributed by atoms with Crippen LogP contribution in [0.5, 0.6) is 11.5 Å². The molecule has 1 heterocycles. The van der Waals surface area contributed by atoms with Gasteiger partial charge in [-0.05, 0) is 24.6 Å². The number of rotatable bonds is 5. The number of aromatic amines is 2. The van der Waals surface area contributed by atoms with Crippen LogP contribution in [-0.2, 0) is 0 Å². The van der Waals surface area contributed by atoms with Crippen molar-refractivity contribution in [3.63, 3.8) is 0 Å². The van der Waals surface area contributed by atoms with Crippen molar-refractivity contribution in [1.29, 1.82) is 0 Å². The summed E-state index contributed by atoms with van der Waals surface area (Å²) in [4.78, 5) is 24.6. The summed E-state index contributed by atoms with van der Waals surface area (Å²) in [5.41, 5.74) is -0.351. The van der Waals surface area contributed by atoms with Crippen molar-refractivity contribution in [3.05, 3.63) is 44.6 Å². The Bertz CT molecular complexity index is 737. The number of benzene rings is 1. The summed E-state index contributed by atoms with van der Waals surface area (Å²) in [5, 5.41) is 8.76. The third-order valence-electron chi connectivity index (χ3n) is 2.97. The molecule has 112 valence electrons. The van der Waals surface area contributed by atoms with Gasteiger partial charge in [-0.1, -0.05) is 6.07 Å². The SMILES string of the molecule is COc1ccc(C(C)Nc2n[nH]c(=O)[nH]c2=O)cc1OC. The van der Waals surface area contributed by atoms with Crippen LogP contribution in [0.25, 0.3) is 0 Å². The summed E-state index contributed by atoms with van der Waals surface area (Å²) < 4.78 is 10.4. The molecule has 0 saturated carbocycles. The molecule has 8 heteroatoms. The minimum Gasteiger partial charge on any atom is -0.493 e. The van der Waals surface area contributed by atoms with E-state index in [0.717, 1.165) is 5.56 Å². The molecule has 2 aromatic rings. The Morgan fingerprint density at radius 1 is 1.19 bits per heavy atom. The zero-order valence-corrected chi connectivity index (χ0v) is 11.9. The fourth-order valence-electron chi connectivity index (χ4n) is 1.86. The van der Waals surface area contributed by atoms with Gasteiger partial charge in [0.2, 0.25) is 5.82 Å². The molecular weight excluding hydrogens is 276 g/mol. The number of aromatic nitrogens is 3. The molecule has 21 heavy (non-hydrogen) atoms. The van der Waals surface area contributed by atoms with Crippen molar-refractivity contribution >= 4 is 5.82 Å². The normalized spacial score (nSPS) is 11.8. The maximum atomic E-state index is 11.6. The molecule has 1 aromatic carbocycles. The second kappa shape index (κ2) is 6.12. The lowest BCUT2D eigenvalue weighted by Crippen LogP contribution is -2.27. The summed E-state index contributed by atoms with van der Waals surface area (Å²) in [5.74, 6) is 1.25. The average Bonchev–Trinajstić information content (AvgIpc) is 2.49. The number of nitrogens with zero attached hydrogens (tertiary/aromatic N) is 1. The fourth-order valence-corrected chi connectivity index (χ4v) is 1.86. The summed E-state index contributed by atoms with van der Waals surface area (Å²) >= 11 is 0. The van der Waals surface area contributed by atoms with Gasteiger partial charge in [-0.25, -0.2) is 9.89 Å². The van der Waals surface area contributed by atoms with Gasteiger partial charge in [-0.3, -0.25) is 9.78 Å². The molecule has 0 aliphatic rings. The highest BCUT2D eigenvalue weighted by Gasteiger charge is 2.12. The van der Waals surface area contributed by atoms with E-state index in [0.29, 0.717) is 11.5 Å². The number of hydrogen-bond donors (Lipinski definition) is 3. The van der Waals surface area contributed by atoms with E-state index in [9.17, 15) is 9.59 Å². The second-order valence-corrected chi connectivity index (χ2v) is 4.34. The van der Waals surface area contributed by atoms with Crippen molar-refractivity contribution in [3.8, 4) is 11.5 Å². The zero-order chi connectivity index (χ0) is 15.4. The Hall–Kier alpha value is -2.77. The van der Waals surface area contributed by atoms with Gasteiger partial charge in [0.25, 0.3) is 5.56 Å². The molecular formula is C13H16N4O4. The smallest absolute Gasteiger partial charge is 0.342 e. The number of methoxy groups -OCH3 is 2. The lowest BCUT2D eigenvalue weighted by Gasteiger charge is -2.16. The highest BCUT2D eigenvalue weighted by atomic mass is 16.5. The van der Waals surface area contributed by atoms with E-state index < -0.39 is 11.2 Å². The molecule has 0 bridgehead atoms. The summed E-state index contributed by atoms with van der Waals surface area (Å²) in [6, 6.07) is 5.20. The van der Waals surface area contributed by atoms with E-state index in [4.69, 9.17) is 9.47 Å². The molecule has 0 saturated heterocycles. The Morgan fingerprint density at radius 2 is 1.90 bits per heavy atom. The Kier molecular flexibility index (Phi) is 4.27. The van der Waals surface area contributed by atoms with Crippen LogP contribution < -0.4 is 26.0 Å². The molecule has 3 N–H and O–H groups in total. The molecule has 2 rings (SSSR count). The first kappa shape index (κ1) is 14.6. The van der Waals surface area contributed by atoms with E-state index in [1.807, 2.05) is 13.0 Å². The topological polar surface area (TPSA) is 109 Å². The van der Waals surface area contributed by atoms with Gasteiger partial charge in [-0.15, -0.1) is 5.10 Å². The Labute approximate surface area is 120 Å². The van der Waals surface area contributed by atoms with Crippen molar-refractivity contribution in [1.82, 2.24) is 15.2 Å². The largest absolute Gasteiger partial charge is 0.493 e. The van der Waals surface area contributed by atoms with Crippen LogP contribution >= 0.6 is 0 Å². The van der Waals surface area contributed by atoms with E-state index in [2.05, 4.69) is 20.5 Å². The molecule has 0 aliphatic carbocycles. The quantitative estimate of drug-likeness (QED) is 0.746. The first-order valence-corrected chi connectivity index (χ1v) is 6.22. The molecule has 1 unspecified atom stereocenters. The van der Waals surface area contributed by atoms with Crippen LogP contribution in [0.3, 0.4) is 0 Å². The van der Waals surface area contributed by atoms with Crippen LogP contribution in [0, 0.1) is 0 Å². The van der Waals surface area contributed by atoms with Gasteiger partial charge in [0.15, 0.2) is 11.5 Å². The number of H-pyrrole nitrogens is 2. The molecule has 0 radical (unpaired) electrons. The third-order valence-corrected chi connectivity index (χ3v) is 2.97. The zero-order valence-electron chi connectivity index (χ0n) is 11.9.